The third kappa shape index (κ3) is 3.00. The molecule has 96 valence electrons. The molecule has 0 aliphatic heterocycles. The lowest BCUT2D eigenvalue weighted by Gasteiger charge is -2.08. The molecule has 4 nitrogen and oxygen atoms in total. The summed E-state index contributed by atoms with van der Waals surface area (Å²) in [5, 5.41) is 7.31. The molecule has 1 heterocycles. The molecule has 1 N–H and O–H groups in total. The molecule has 0 aliphatic carbocycles. The zero-order chi connectivity index (χ0) is 13.0. The normalized spacial score (nSPS) is 10.4. The molecule has 0 bridgehead atoms. The summed E-state index contributed by atoms with van der Waals surface area (Å²) in [6.07, 6.45) is 3.78. The van der Waals surface area contributed by atoms with Crippen molar-refractivity contribution < 1.29 is 9.13 Å². The first-order valence-electron chi connectivity index (χ1n) is 5.75. The highest BCUT2D eigenvalue weighted by Crippen LogP contribution is 2.20. The van der Waals surface area contributed by atoms with Crippen LogP contribution in [0.15, 0.2) is 30.6 Å². The summed E-state index contributed by atoms with van der Waals surface area (Å²) in [4.78, 5) is 0. The Bertz CT molecular complexity index is 525. The van der Waals surface area contributed by atoms with Crippen LogP contribution >= 0.6 is 0 Å². The Morgan fingerprint density at radius 1 is 1.44 bits per heavy atom. The van der Waals surface area contributed by atoms with Crippen molar-refractivity contribution >= 4 is 5.69 Å². The fraction of sp³-hybridized carbons (Fsp3) is 0.308. The highest BCUT2D eigenvalue weighted by molar-refractivity contribution is 5.47. The summed E-state index contributed by atoms with van der Waals surface area (Å²) in [6, 6.07) is 4.82. The number of hydrogen-bond acceptors (Lipinski definition) is 3. The van der Waals surface area contributed by atoms with Gasteiger partial charge in [-0.15, -0.1) is 0 Å². The quantitative estimate of drug-likeness (QED) is 0.884. The van der Waals surface area contributed by atoms with Gasteiger partial charge in [-0.25, -0.2) is 4.39 Å². The molecule has 0 spiro atoms. The lowest BCUT2D eigenvalue weighted by atomic mass is 10.3. The molecule has 2 aromatic rings. The summed E-state index contributed by atoms with van der Waals surface area (Å²) in [5.74, 6) is -0.110. The topological polar surface area (TPSA) is 39.1 Å². The van der Waals surface area contributed by atoms with E-state index in [0.717, 1.165) is 17.8 Å². The molecule has 0 aliphatic rings. The van der Waals surface area contributed by atoms with Crippen LogP contribution in [0.3, 0.4) is 0 Å². The van der Waals surface area contributed by atoms with Gasteiger partial charge in [-0.05, 0) is 24.6 Å². The van der Waals surface area contributed by atoms with Crippen molar-refractivity contribution in [2.24, 2.45) is 0 Å². The average Bonchev–Trinajstić information content (AvgIpc) is 2.75. The summed E-state index contributed by atoms with van der Waals surface area (Å²) >= 11 is 0. The third-order valence-corrected chi connectivity index (χ3v) is 2.58. The number of halogens is 1. The molecule has 0 saturated carbocycles. The van der Waals surface area contributed by atoms with E-state index in [9.17, 15) is 4.39 Å². The maximum atomic E-state index is 13.4. The van der Waals surface area contributed by atoms with Crippen LogP contribution in [-0.4, -0.2) is 23.4 Å². The Balaban J connectivity index is 1.88. The second-order valence-electron chi connectivity index (χ2n) is 4.06. The number of ether oxygens (including phenoxy) is 1. The highest BCUT2D eigenvalue weighted by Gasteiger charge is 2.02. The zero-order valence-electron chi connectivity index (χ0n) is 10.5. The number of aryl methyl sites for hydroxylation is 1. The van der Waals surface area contributed by atoms with Crippen LogP contribution in [0.2, 0.25) is 0 Å². The molecule has 0 saturated heterocycles. The molecule has 18 heavy (non-hydrogen) atoms. The number of benzene rings is 1. The van der Waals surface area contributed by atoms with Gasteiger partial charge in [0.05, 0.1) is 19.9 Å². The van der Waals surface area contributed by atoms with E-state index in [1.54, 1.807) is 12.1 Å². The number of anilines is 1. The first kappa shape index (κ1) is 12.4. The molecule has 1 aromatic heterocycles. The van der Waals surface area contributed by atoms with Crippen molar-refractivity contribution in [3.63, 3.8) is 0 Å². The maximum absolute atomic E-state index is 13.4. The molecule has 0 amide bonds. The SMILES string of the molecule is COc1ccc(NCCn2cc(C)cn2)cc1F. The van der Waals surface area contributed by atoms with Crippen LogP contribution in [0, 0.1) is 12.7 Å². The predicted octanol–water partition coefficient (Wildman–Crippen LogP) is 2.45. The van der Waals surface area contributed by atoms with E-state index < -0.39 is 0 Å². The van der Waals surface area contributed by atoms with Crippen LogP contribution in [-0.2, 0) is 6.54 Å². The monoisotopic (exact) mass is 249 g/mol. The molecule has 1 aromatic carbocycles. The summed E-state index contributed by atoms with van der Waals surface area (Å²) in [7, 11) is 1.45. The van der Waals surface area contributed by atoms with E-state index in [4.69, 9.17) is 4.74 Å². The number of aromatic nitrogens is 2. The maximum Gasteiger partial charge on any atom is 0.167 e. The fourth-order valence-electron chi connectivity index (χ4n) is 1.68. The Labute approximate surface area is 105 Å². The molecule has 5 heteroatoms. The second-order valence-corrected chi connectivity index (χ2v) is 4.06. The van der Waals surface area contributed by atoms with Gasteiger partial charge in [0.1, 0.15) is 0 Å². The van der Waals surface area contributed by atoms with E-state index in [2.05, 4.69) is 10.4 Å². The zero-order valence-corrected chi connectivity index (χ0v) is 10.5. The van der Waals surface area contributed by atoms with Crippen LogP contribution in [0.4, 0.5) is 10.1 Å². The van der Waals surface area contributed by atoms with E-state index in [0.29, 0.717) is 6.54 Å². The number of hydrogen-bond donors (Lipinski definition) is 1. The molecular weight excluding hydrogens is 233 g/mol. The first-order valence-corrected chi connectivity index (χ1v) is 5.75. The molecule has 2 rings (SSSR count). The molecule has 0 atom stereocenters. The van der Waals surface area contributed by atoms with E-state index in [1.165, 1.54) is 13.2 Å². The van der Waals surface area contributed by atoms with Crippen molar-refractivity contribution in [3.05, 3.63) is 42.0 Å². The average molecular weight is 249 g/mol. The summed E-state index contributed by atoms with van der Waals surface area (Å²) in [6.45, 7) is 3.42. The molecular formula is C13H16FN3O. The van der Waals surface area contributed by atoms with Gasteiger partial charge in [0.15, 0.2) is 11.6 Å². The van der Waals surface area contributed by atoms with Gasteiger partial charge in [0.25, 0.3) is 0 Å². The highest BCUT2D eigenvalue weighted by atomic mass is 19.1. The molecule has 0 radical (unpaired) electrons. The molecule has 0 unspecified atom stereocenters. The lowest BCUT2D eigenvalue weighted by Crippen LogP contribution is -2.10. The van der Waals surface area contributed by atoms with Gasteiger partial charge in [0.2, 0.25) is 0 Å². The summed E-state index contributed by atoms with van der Waals surface area (Å²) < 4.78 is 20.1. The lowest BCUT2D eigenvalue weighted by molar-refractivity contribution is 0.386. The van der Waals surface area contributed by atoms with Crippen molar-refractivity contribution in [2.45, 2.75) is 13.5 Å². The fourth-order valence-corrected chi connectivity index (χ4v) is 1.68. The standard InChI is InChI=1S/C13H16FN3O/c1-10-8-16-17(9-10)6-5-15-11-3-4-13(18-2)12(14)7-11/h3-4,7-9,15H,5-6H2,1-2H3. The van der Waals surface area contributed by atoms with Gasteiger partial charge < -0.3 is 10.1 Å². The Hall–Kier alpha value is -2.04. The van der Waals surface area contributed by atoms with E-state index in [1.807, 2.05) is 24.0 Å². The van der Waals surface area contributed by atoms with Gasteiger partial charge in [-0.3, -0.25) is 4.68 Å². The van der Waals surface area contributed by atoms with Crippen LogP contribution in [0.1, 0.15) is 5.56 Å². The molecule has 0 fully saturated rings. The van der Waals surface area contributed by atoms with Crippen LogP contribution < -0.4 is 10.1 Å². The number of nitrogens with one attached hydrogen (secondary N) is 1. The summed E-state index contributed by atoms with van der Waals surface area (Å²) in [5.41, 5.74) is 1.86. The second kappa shape index (κ2) is 5.53. The minimum Gasteiger partial charge on any atom is -0.494 e. The largest absolute Gasteiger partial charge is 0.494 e. The van der Waals surface area contributed by atoms with E-state index in [-0.39, 0.29) is 11.6 Å². The van der Waals surface area contributed by atoms with E-state index >= 15 is 0 Å². The Kier molecular flexibility index (Phi) is 3.82. The number of nitrogens with zero attached hydrogens (tertiary/aromatic N) is 2. The smallest absolute Gasteiger partial charge is 0.167 e. The van der Waals surface area contributed by atoms with Gasteiger partial charge in [-0.1, -0.05) is 0 Å². The van der Waals surface area contributed by atoms with Crippen molar-refractivity contribution in [1.82, 2.24) is 9.78 Å². The third-order valence-electron chi connectivity index (χ3n) is 2.58. The number of methoxy groups -OCH3 is 1. The van der Waals surface area contributed by atoms with Gasteiger partial charge in [0, 0.05) is 24.5 Å². The van der Waals surface area contributed by atoms with Gasteiger partial charge >= 0.3 is 0 Å². The van der Waals surface area contributed by atoms with Crippen molar-refractivity contribution in [3.8, 4) is 5.75 Å². The first-order chi connectivity index (χ1) is 8.69. The van der Waals surface area contributed by atoms with Crippen molar-refractivity contribution in [2.75, 3.05) is 19.0 Å². The Morgan fingerprint density at radius 3 is 2.89 bits per heavy atom. The van der Waals surface area contributed by atoms with Crippen molar-refractivity contribution in [1.29, 1.82) is 0 Å². The number of rotatable bonds is 5. The van der Waals surface area contributed by atoms with Crippen LogP contribution in [0.5, 0.6) is 5.75 Å². The Morgan fingerprint density at radius 2 is 2.28 bits per heavy atom. The minimum absolute atomic E-state index is 0.253. The van der Waals surface area contributed by atoms with Gasteiger partial charge in [-0.2, -0.15) is 5.10 Å². The minimum atomic E-state index is -0.363. The predicted molar refractivity (Wildman–Crippen MR) is 68.4 cm³/mol. The van der Waals surface area contributed by atoms with Crippen LogP contribution in [0.25, 0.3) is 0 Å².